The van der Waals surface area contributed by atoms with Crippen LogP contribution in [0, 0.1) is 5.92 Å². The van der Waals surface area contributed by atoms with E-state index in [9.17, 15) is 4.79 Å². The lowest BCUT2D eigenvalue weighted by molar-refractivity contribution is -0.143. The van der Waals surface area contributed by atoms with Crippen LogP contribution in [0.3, 0.4) is 0 Å². The largest absolute Gasteiger partial charge is 0.481 e. The highest BCUT2D eigenvalue weighted by atomic mass is 16.4. The molecule has 64 valence electrons. The minimum absolute atomic E-state index is 0.159. The molecular weight excluding hydrogens is 142 g/mol. The lowest BCUT2D eigenvalue weighted by Crippen LogP contribution is -2.40. The van der Waals surface area contributed by atoms with Gasteiger partial charge in [-0.3, -0.25) is 4.79 Å². The maximum atomic E-state index is 10.7. The van der Waals surface area contributed by atoms with Gasteiger partial charge in [-0.25, -0.2) is 0 Å². The number of hydrogen-bond acceptors (Lipinski definition) is 2. The summed E-state index contributed by atoms with van der Waals surface area (Å²) in [5.41, 5.74) is 0. The van der Waals surface area contributed by atoms with Crippen molar-refractivity contribution in [3.05, 3.63) is 0 Å². The predicted octanol–water partition coefficient (Wildman–Crippen LogP) is 0.849. The number of rotatable bonds is 2. The molecule has 0 spiro atoms. The normalized spacial score (nSPS) is 31.7. The molecule has 0 bridgehead atoms. The van der Waals surface area contributed by atoms with Gasteiger partial charge in [0, 0.05) is 6.04 Å². The molecule has 11 heavy (non-hydrogen) atoms. The second kappa shape index (κ2) is 3.72. The summed E-state index contributed by atoms with van der Waals surface area (Å²) in [4.78, 5) is 10.7. The van der Waals surface area contributed by atoms with Crippen LogP contribution in [0.2, 0.25) is 0 Å². The van der Waals surface area contributed by atoms with Crippen molar-refractivity contribution in [3.63, 3.8) is 0 Å². The Kier molecular flexibility index (Phi) is 2.88. The fourth-order valence-corrected chi connectivity index (χ4v) is 1.77. The summed E-state index contributed by atoms with van der Waals surface area (Å²) >= 11 is 0. The van der Waals surface area contributed by atoms with E-state index in [0.717, 1.165) is 25.7 Å². The van der Waals surface area contributed by atoms with Gasteiger partial charge in [0.25, 0.3) is 0 Å². The smallest absolute Gasteiger partial charge is 0.308 e. The molecule has 1 saturated carbocycles. The second-order valence-electron chi connectivity index (χ2n) is 3.12. The summed E-state index contributed by atoms with van der Waals surface area (Å²) in [5.74, 6) is -0.808. The standard InChI is InChI=1S/C8H15NO2/c1-9-7-5-3-2-4-6(7)8(10)11/h6-7,9H,2-5H2,1H3,(H,10,11)/t6-,7-/m0/s1. The van der Waals surface area contributed by atoms with Crippen LogP contribution < -0.4 is 5.32 Å². The number of aliphatic carboxylic acids is 1. The van der Waals surface area contributed by atoms with Crippen molar-refractivity contribution < 1.29 is 9.90 Å². The molecule has 0 heterocycles. The van der Waals surface area contributed by atoms with Crippen molar-refractivity contribution in [2.75, 3.05) is 7.05 Å². The number of nitrogens with one attached hydrogen (secondary N) is 1. The van der Waals surface area contributed by atoms with E-state index < -0.39 is 5.97 Å². The van der Waals surface area contributed by atoms with Gasteiger partial charge in [0.15, 0.2) is 0 Å². The Balaban J connectivity index is 2.51. The molecule has 0 saturated heterocycles. The first-order valence-electron chi connectivity index (χ1n) is 4.15. The van der Waals surface area contributed by atoms with Crippen molar-refractivity contribution in [3.8, 4) is 0 Å². The van der Waals surface area contributed by atoms with Crippen LogP contribution in [0.5, 0.6) is 0 Å². The molecule has 1 rings (SSSR count). The summed E-state index contributed by atoms with van der Waals surface area (Å²) in [6.45, 7) is 0. The molecule has 1 aliphatic carbocycles. The first-order valence-corrected chi connectivity index (χ1v) is 4.15. The van der Waals surface area contributed by atoms with E-state index in [1.165, 1.54) is 0 Å². The molecular formula is C8H15NO2. The van der Waals surface area contributed by atoms with E-state index in [0.29, 0.717) is 0 Å². The molecule has 3 nitrogen and oxygen atoms in total. The summed E-state index contributed by atoms with van der Waals surface area (Å²) in [7, 11) is 1.84. The van der Waals surface area contributed by atoms with Gasteiger partial charge < -0.3 is 10.4 Å². The molecule has 0 radical (unpaired) electrons. The van der Waals surface area contributed by atoms with Gasteiger partial charge in [-0.15, -0.1) is 0 Å². The fraction of sp³-hybridized carbons (Fsp3) is 0.875. The van der Waals surface area contributed by atoms with Gasteiger partial charge >= 0.3 is 5.97 Å². The lowest BCUT2D eigenvalue weighted by atomic mass is 9.85. The summed E-state index contributed by atoms with van der Waals surface area (Å²) in [6, 6.07) is 0.196. The van der Waals surface area contributed by atoms with Gasteiger partial charge in [-0.1, -0.05) is 12.8 Å². The molecule has 0 amide bonds. The quantitative estimate of drug-likeness (QED) is 0.624. The molecule has 0 unspecified atom stereocenters. The van der Waals surface area contributed by atoms with Crippen molar-refractivity contribution in [1.29, 1.82) is 0 Å². The maximum absolute atomic E-state index is 10.7. The third kappa shape index (κ3) is 1.93. The molecule has 0 aliphatic heterocycles. The number of carboxylic acids is 1. The molecule has 3 heteroatoms. The van der Waals surface area contributed by atoms with Gasteiger partial charge in [-0.2, -0.15) is 0 Å². The SMILES string of the molecule is CN[C@H]1CCCC[C@@H]1C(=O)O. The highest BCUT2D eigenvalue weighted by molar-refractivity contribution is 5.71. The highest BCUT2D eigenvalue weighted by Crippen LogP contribution is 2.23. The summed E-state index contributed by atoms with van der Waals surface area (Å²) in [5, 5.41) is 11.9. The highest BCUT2D eigenvalue weighted by Gasteiger charge is 2.29. The predicted molar refractivity (Wildman–Crippen MR) is 42.4 cm³/mol. The molecule has 0 aromatic carbocycles. The Hall–Kier alpha value is -0.570. The molecule has 2 N–H and O–H groups in total. The molecule has 1 fully saturated rings. The average Bonchev–Trinajstić information content (AvgIpc) is 2.04. The Bertz CT molecular complexity index is 147. The van der Waals surface area contributed by atoms with Crippen molar-refractivity contribution in [1.82, 2.24) is 5.32 Å². The molecule has 0 aromatic heterocycles. The van der Waals surface area contributed by atoms with Crippen LogP contribution >= 0.6 is 0 Å². The van der Waals surface area contributed by atoms with Crippen LogP contribution in [0.4, 0.5) is 0 Å². The van der Waals surface area contributed by atoms with Crippen molar-refractivity contribution in [2.45, 2.75) is 31.7 Å². The zero-order valence-corrected chi connectivity index (χ0v) is 6.84. The third-order valence-electron chi connectivity index (χ3n) is 2.45. The zero-order chi connectivity index (χ0) is 8.27. The fourth-order valence-electron chi connectivity index (χ4n) is 1.77. The number of hydrogen-bond donors (Lipinski definition) is 2. The van der Waals surface area contributed by atoms with E-state index >= 15 is 0 Å². The third-order valence-corrected chi connectivity index (χ3v) is 2.45. The Morgan fingerprint density at radius 2 is 2.09 bits per heavy atom. The minimum atomic E-state index is -0.649. The van der Waals surface area contributed by atoms with Gasteiger partial charge in [0.05, 0.1) is 5.92 Å². The van der Waals surface area contributed by atoms with Crippen LogP contribution in [0.25, 0.3) is 0 Å². The van der Waals surface area contributed by atoms with Gasteiger partial charge in [0.2, 0.25) is 0 Å². The molecule has 0 aromatic rings. The molecule has 1 aliphatic rings. The average molecular weight is 157 g/mol. The van der Waals surface area contributed by atoms with Gasteiger partial charge in [-0.05, 0) is 19.9 Å². The lowest BCUT2D eigenvalue weighted by Gasteiger charge is -2.27. The van der Waals surface area contributed by atoms with E-state index in [4.69, 9.17) is 5.11 Å². The number of carboxylic acid groups (broad SMARTS) is 1. The van der Waals surface area contributed by atoms with Crippen LogP contribution in [0.15, 0.2) is 0 Å². The van der Waals surface area contributed by atoms with E-state index in [2.05, 4.69) is 5.32 Å². The topological polar surface area (TPSA) is 49.3 Å². The Morgan fingerprint density at radius 3 is 2.55 bits per heavy atom. The minimum Gasteiger partial charge on any atom is -0.481 e. The number of carbonyl (C=O) groups is 1. The monoisotopic (exact) mass is 157 g/mol. The van der Waals surface area contributed by atoms with E-state index in [1.807, 2.05) is 7.05 Å². The van der Waals surface area contributed by atoms with Gasteiger partial charge in [0.1, 0.15) is 0 Å². The van der Waals surface area contributed by atoms with Crippen LogP contribution in [0.1, 0.15) is 25.7 Å². The first kappa shape index (κ1) is 8.53. The first-order chi connectivity index (χ1) is 5.25. The Morgan fingerprint density at radius 1 is 1.45 bits per heavy atom. The van der Waals surface area contributed by atoms with Crippen molar-refractivity contribution in [2.24, 2.45) is 5.92 Å². The zero-order valence-electron chi connectivity index (χ0n) is 6.84. The summed E-state index contributed by atoms with van der Waals surface area (Å²) < 4.78 is 0. The maximum Gasteiger partial charge on any atom is 0.308 e. The molecule has 2 atom stereocenters. The van der Waals surface area contributed by atoms with Crippen molar-refractivity contribution >= 4 is 5.97 Å². The van der Waals surface area contributed by atoms with E-state index in [1.54, 1.807) is 0 Å². The Labute approximate surface area is 66.8 Å². The van der Waals surface area contributed by atoms with Crippen LogP contribution in [-0.4, -0.2) is 24.2 Å². The summed E-state index contributed by atoms with van der Waals surface area (Å²) in [6.07, 6.45) is 4.07. The van der Waals surface area contributed by atoms with Crippen LogP contribution in [-0.2, 0) is 4.79 Å². The van der Waals surface area contributed by atoms with E-state index in [-0.39, 0.29) is 12.0 Å². The second-order valence-corrected chi connectivity index (χ2v) is 3.12.